The van der Waals surface area contributed by atoms with E-state index in [1.54, 1.807) is 6.07 Å². The number of rotatable bonds is 1. The van der Waals surface area contributed by atoms with Gasteiger partial charge in [0.05, 0.1) is 5.60 Å². The second-order valence-electron chi connectivity index (χ2n) is 4.22. The molecule has 1 aliphatic rings. The van der Waals surface area contributed by atoms with Crippen LogP contribution in [0.1, 0.15) is 37.7 Å². The molecular formula is C12H14BrFO. The molecule has 0 heterocycles. The minimum atomic E-state index is -0.834. The number of aliphatic hydroxyl groups is 1. The fraction of sp³-hybridized carbons (Fsp3) is 0.500. The lowest BCUT2D eigenvalue weighted by molar-refractivity contribution is -0.00154. The molecule has 82 valence electrons. The number of hydrogen-bond donors (Lipinski definition) is 1. The van der Waals surface area contributed by atoms with Crippen molar-refractivity contribution in [3.05, 3.63) is 34.1 Å². The molecule has 1 aromatic carbocycles. The van der Waals surface area contributed by atoms with Gasteiger partial charge in [0.25, 0.3) is 0 Å². The zero-order valence-electron chi connectivity index (χ0n) is 8.47. The van der Waals surface area contributed by atoms with Gasteiger partial charge in [0.2, 0.25) is 0 Å². The first-order valence-corrected chi connectivity index (χ1v) is 6.09. The summed E-state index contributed by atoms with van der Waals surface area (Å²) in [5.74, 6) is -0.285. The SMILES string of the molecule is OC1(c2cc(F)ccc2Br)CCCCC1. The van der Waals surface area contributed by atoms with E-state index in [0.717, 1.165) is 36.6 Å². The summed E-state index contributed by atoms with van der Waals surface area (Å²) in [5, 5.41) is 10.5. The second-order valence-corrected chi connectivity index (χ2v) is 5.07. The summed E-state index contributed by atoms with van der Waals surface area (Å²) in [6, 6.07) is 4.51. The average molecular weight is 273 g/mol. The third-order valence-electron chi connectivity index (χ3n) is 3.11. The van der Waals surface area contributed by atoms with Crippen LogP contribution >= 0.6 is 15.9 Å². The van der Waals surface area contributed by atoms with Gasteiger partial charge in [-0.2, -0.15) is 0 Å². The van der Waals surface area contributed by atoms with Crippen molar-refractivity contribution in [3.63, 3.8) is 0 Å². The van der Waals surface area contributed by atoms with E-state index < -0.39 is 5.60 Å². The smallest absolute Gasteiger partial charge is 0.123 e. The Labute approximate surface area is 97.4 Å². The van der Waals surface area contributed by atoms with Gasteiger partial charge in [-0.05, 0) is 31.0 Å². The highest BCUT2D eigenvalue weighted by Gasteiger charge is 2.32. The lowest BCUT2D eigenvalue weighted by atomic mass is 9.80. The van der Waals surface area contributed by atoms with Crippen LogP contribution in [0.5, 0.6) is 0 Å². The summed E-state index contributed by atoms with van der Waals surface area (Å²) in [6.07, 6.45) is 4.65. The summed E-state index contributed by atoms with van der Waals surface area (Å²) in [6.45, 7) is 0. The first-order chi connectivity index (χ1) is 7.12. The normalized spacial score (nSPS) is 20.2. The Bertz CT molecular complexity index is 359. The van der Waals surface area contributed by atoms with Crippen LogP contribution in [0.3, 0.4) is 0 Å². The zero-order valence-corrected chi connectivity index (χ0v) is 10.1. The predicted molar refractivity (Wildman–Crippen MR) is 61.1 cm³/mol. The molecule has 0 bridgehead atoms. The van der Waals surface area contributed by atoms with Crippen LogP contribution in [0, 0.1) is 5.82 Å². The van der Waals surface area contributed by atoms with Crippen molar-refractivity contribution in [3.8, 4) is 0 Å². The quantitative estimate of drug-likeness (QED) is 0.826. The largest absolute Gasteiger partial charge is 0.385 e. The number of benzene rings is 1. The maximum Gasteiger partial charge on any atom is 0.123 e. The van der Waals surface area contributed by atoms with E-state index in [9.17, 15) is 9.50 Å². The molecule has 0 aliphatic heterocycles. The Morgan fingerprint density at radius 1 is 1.20 bits per heavy atom. The van der Waals surface area contributed by atoms with E-state index >= 15 is 0 Å². The second kappa shape index (κ2) is 4.22. The van der Waals surface area contributed by atoms with Crippen molar-refractivity contribution < 1.29 is 9.50 Å². The molecule has 0 saturated heterocycles. The predicted octanol–water partition coefficient (Wildman–Crippen LogP) is 3.74. The molecular weight excluding hydrogens is 259 g/mol. The molecule has 1 aromatic rings. The minimum Gasteiger partial charge on any atom is -0.385 e. The molecule has 3 heteroatoms. The van der Waals surface area contributed by atoms with Crippen molar-refractivity contribution in [2.75, 3.05) is 0 Å². The van der Waals surface area contributed by atoms with Gasteiger partial charge in [-0.25, -0.2) is 4.39 Å². The van der Waals surface area contributed by atoms with Crippen molar-refractivity contribution in [2.45, 2.75) is 37.7 Å². The lowest BCUT2D eigenvalue weighted by Gasteiger charge is -2.33. The van der Waals surface area contributed by atoms with Crippen molar-refractivity contribution in [1.29, 1.82) is 0 Å². The third-order valence-corrected chi connectivity index (χ3v) is 3.80. The first kappa shape index (κ1) is 11.1. The summed E-state index contributed by atoms with van der Waals surface area (Å²) >= 11 is 3.37. The van der Waals surface area contributed by atoms with E-state index in [-0.39, 0.29) is 5.82 Å². The Morgan fingerprint density at radius 3 is 2.53 bits per heavy atom. The maximum atomic E-state index is 13.1. The topological polar surface area (TPSA) is 20.2 Å². The van der Waals surface area contributed by atoms with Crippen LogP contribution in [0.25, 0.3) is 0 Å². The lowest BCUT2D eigenvalue weighted by Crippen LogP contribution is -2.28. The Hall–Kier alpha value is -0.410. The first-order valence-electron chi connectivity index (χ1n) is 5.30. The van der Waals surface area contributed by atoms with E-state index in [0.29, 0.717) is 5.56 Å². The standard InChI is InChI=1S/C12H14BrFO/c13-11-5-4-9(14)8-10(11)12(15)6-2-1-3-7-12/h4-5,8,15H,1-3,6-7H2. The molecule has 1 N–H and O–H groups in total. The van der Waals surface area contributed by atoms with Crippen LogP contribution < -0.4 is 0 Å². The summed E-state index contributed by atoms with van der Waals surface area (Å²) in [5.41, 5.74) is -0.138. The van der Waals surface area contributed by atoms with Gasteiger partial charge in [-0.1, -0.05) is 35.2 Å². The number of halogens is 2. The fourth-order valence-electron chi connectivity index (χ4n) is 2.26. The minimum absolute atomic E-state index is 0.285. The van der Waals surface area contributed by atoms with Crippen LogP contribution in [-0.4, -0.2) is 5.11 Å². The molecule has 2 rings (SSSR count). The maximum absolute atomic E-state index is 13.1. The molecule has 15 heavy (non-hydrogen) atoms. The molecule has 1 fully saturated rings. The Kier molecular flexibility index (Phi) is 3.12. The molecule has 0 unspecified atom stereocenters. The van der Waals surface area contributed by atoms with Gasteiger partial charge < -0.3 is 5.11 Å². The molecule has 0 radical (unpaired) electrons. The summed E-state index contributed by atoms with van der Waals surface area (Å²) < 4.78 is 13.9. The van der Waals surface area contributed by atoms with Crippen molar-refractivity contribution in [2.24, 2.45) is 0 Å². The summed E-state index contributed by atoms with van der Waals surface area (Å²) in [7, 11) is 0. The monoisotopic (exact) mass is 272 g/mol. The molecule has 1 nitrogen and oxygen atoms in total. The van der Waals surface area contributed by atoms with Gasteiger partial charge in [0, 0.05) is 10.0 Å². The summed E-state index contributed by atoms with van der Waals surface area (Å²) in [4.78, 5) is 0. The zero-order chi connectivity index (χ0) is 10.9. The molecule has 0 amide bonds. The van der Waals surface area contributed by atoms with Gasteiger partial charge in [0.1, 0.15) is 5.82 Å². The van der Waals surface area contributed by atoms with E-state index in [4.69, 9.17) is 0 Å². The average Bonchev–Trinajstić information content (AvgIpc) is 2.23. The molecule has 0 spiro atoms. The van der Waals surface area contributed by atoms with Crippen LogP contribution in [0.15, 0.2) is 22.7 Å². The highest BCUT2D eigenvalue weighted by molar-refractivity contribution is 9.10. The molecule has 0 aromatic heterocycles. The van der Waals surface area contributed by atoms with Crippen LogP contribution in [-0.2, 0) is 5.60 Å². The molecule has 1 saturated carbocycles. The molecule has 0 atom stereocenters. The Balaban J connectivity index is 2.38. The van der Waals surface area contributed by atoms with E-state index in [1.807, 2.05) is 0 Å². The highest BCUT2D eigenvalue weighted by atomic mass is 79.9. The third kappa shape index (κ3) is 2.23. The van der Waals surface area contributed by atoms with Crippen LogP contribution in [0.4, 0.5) is 4.39 Å². The van der Waals surface area contributed by atoms with Gasteiger partial charge in [0.15, 0.2) is 0 Å². The van der Waals surface area contributed by atoms with Gasteiger partial charge in [-0.3, -0.25) is 0 Å². The molecule has 1 aliphatic carbocycles. The highest BCUT2D eigenvalue weighted by Crippen LogP contribution is 2.40. The fourth-order valence-corrected chi connectivity index (χ4v) is 2.88. The van der Waals surface area contributed by atoms with Gasteiger partial charge in [-0.15, -0.1) is 0 Å². The van der Waals surface area contributed by atoms with E-state index in [1.165, 1.54) is 12.1 Å². The van der Waals surface area contributed by atoms with Crippen LogP contribution in [0.2, 0.25) is 0 Å². The Morgan fingerprint density at radius 2 is 1.87 bits per heavy atom. The van der Waals surface area contributed by atoms with E-state index in [2.05, 4.69) is 15.9 Å². The number of hydrogen-bond acceptors (Lipinski definition) is 1. The van der Waals surface area contributed by atoms with Crippen molar-refractivity contribution >= 4 is 15.9 Å². The van der Waals surface area contributed by atoms with Crippen molar-refractivity contribution in [1.82, 2.24) is 0 Å². The van der Waals surface area contributed by atoms with Gasteiger partial charge >= 0.3 is 0 Å².